The quantitative estimate of drug-likeness (QED) is 0.920. The number of rotatable bonds is 4. The molecule has 23 heavy (non-hydrogen) atoms. The van der Waals surface area contributed by atoms with Crippen LogP contribution < -0.4 is 4.90 Å². The third kappa shape index (κ3) is 3.77. The summed E-state index contributed by atoms with van der Waals surface area (Å²) in [7, 11) is 0. The Labute approximate surface area is 133 Å². The predicted octanol–water partition coefficient (Wildman–Crippen LogP) is 2.24. The van der Waals surface area contributed by atoms with Gasteiger partial charge in [-0.05, 0) is 44.0 Å². The summed E-state index contributed by atoms with van der Waals surface area (Å²) in [4.78, 5) is 8.36. The summed E-state index contributed by atoms with van der Waals surface area (Å²) in [5.74, 6) is 0.712. The number of pyridine rings is 1. The van der Waals surface area contributed by atoms with Crippen LogP contribution in [0, 0.1) is 11.8 Å². The van der Waals surface area contributed by atoms with E-state index < -0.39 is 11.7 Å². The fourth-order valence-electron chi connectivity index (χ4n) is 3.60. The normalized spacial score (nSPS) is 26.2. The highest BCUT2D eigenvalue weighted by Crippen LogP contribution is 2.33. The largest absolute Gasteiger partial charge is 0.416 e. The molecule has 1 aromatic rings. The lowest BCUT2D eigenvalue weighted by molar-refractivity contribution is -0.137. The molecule has 0 unspecified atom stereocenters. The van der Waals surface area contributed by atoms with Gasteiger partial charge in [0.1, 0.15) is 5.82 Å². The number of likely N-dealkylation sites (tertiary alicyclic amines) is 1. The third-order valence-electron chi connectivity index (χ3n) is 4.90. The van der Waals surface area contributed by atoms with Crippen molar-refractivity contribution in [2.24, 2.45) is 11.8 Å². The van der Waals surface area contributed by atoms with Crippen molar-refractivity contribution in [3.63, 3.8) is 0 Å². The molecule has 2 fully saturated rings. The van der Waals surface area contributed by atoms with E-state index >= 15 is 0 Å². The minimum Gasteiger partial charge on any atom is -0.396 e. The van der Waals surface area contributed by atoms with Gasteiger partial charge in [0.25, 0.3) is 0 Å². The minimum absolute atomic E-state index is 0.0635. The van der Waals surface area contributed by atoms with Gasteiger partial charge < -0.3 is 14.9 Å². The Morgan fingerprint density at radius 3 is 2.52 bits per heavy atom. The van der Waals surface area contributed by atoms with E-state index in [1.54, 1.807) is 0 Å². The summed E-state index contributed by atoms with van der Waals surface area (Å²) in [5, 5.41) is 9.61. The molecule has 0 aromatic carbocycles. The Morgan fingerprint density at radius 2 is 1.87 bits per heavy atom. The highest BCUT2D eigenvalue weighted by atomic mass is 19.4. The molecular formula is C16H22F3N3O. The summed E-state index contributed by atoms with van der Waals surface area (Å²) in [5.41, 5.74) is -0.675. The molecule has 1 N–H and O–H groups in total. The molecule has 2 saturated heterocycles. The molecule has 2 atom stereocenters. The molecule has 3 rings (SSSR count). The van der Waals surface area contributed by atoms with Gasteiger partial charge in [-0.15, -0.1) is 0 Å². The molecule has 0 spiro atoms. The van der Waals surface area contributed by atoms with Gasteiger partial charge in [-0.1, -0.05) is 0 Å². The first-order valence-electron chi connectivity index (χ1n) is 8.09. The molecule has 2 aliphatic rings. The van der Waals surface area contributed by atoms with E-state index in [-0.39, 0.29) is 18.4 Å². The average molecular weight is 329 g/mol. The second kappa shape index (κ2) is 6.65. The lowest BCUT2D eigenvalue weighted by Gasteiger charge is -2.23. The van der Waals surface area contributed by atoms with E-state index in [2.05, 4.69) is 9.88 Å². The minimum atomic E-state index is -4.36. The highest BCUT2D eigenvalue weighted by Gasteiger charge is 2.36. The number of hydrogen-bond acceptors (Lipinski definition) is 4. The first-order chi connectivity index (χ1) is 11.0. The standard InChI is InChI=1S/C16H22F3N3O/c17-16(18,19)14-3-4-20-15(7-14)22-9-12(13(10-22)11-23)8-21-5-1-2-6-21/h3-4,7,12-13,23H,1-2,5-6,8-11H2/t12-,13-/m0/s1. The zero-order valence-electron chi connectivity index (χ0n) is 13.0. The highest BCUT2D eigenvalue weighted by molar-refractivity contribution is 5.43. The average Bonchev–Trinajstić information content (AvgIpc) is 3.16. The van der Waals surface area contributed by atoms with Gasteiger partial charge in [-0.3, -0.25) is 0 Å². The van der Waals surface area contributed by atoms with E-state index in [1.165, 1.54) is 19.0 Å². The van der Waals surface area contributed by atoms with Crippen LogP contribution >= 0.6 is 0 Å². The van der Waals surface area contributed by atoms with Gasteiger partial charge in [0.2, 0.25) is 0 Å². The Hall–Kier alpha value is -1.34. The molecule has 1 aromatic heterocycles. The smallest absolute Gasteiger partial charge is 0.396 e. The van der Waals surface area contributed by atoms with Crippen molar-refractivity contribution in [1.29, 1.82) is 0 Å². The number of nitrogens with zero attached hydrogens (tertiary/aromatic N) is 3. The fraction of sp³-hybridized carbons (Fsp3) is 0.688. The zero-order chi connectivity index (χ0) is 16.4. The maximum absolute atomic E-state index is 12.9. The van der Waals surface area contributed by atoms with E-state index in [9.17, 15) is 18.3 Å². The molecular weight excluding hydrogens is 307 g/mol. The molecule has 3 heterocycles. The molecule has 128 valence electrons. The number of aromatic nitrogens is 1. The zero-order valence-corrected chi connectivity index (χ0v) is 13.0. The number of halogens is 3. The van der Waals surface area contributed by atoms with Crippen molar-refractivity contribution in [2.75, 3.05) is 44.2 Å². The van der Waals surface area contributed by atoms with E-state index in [0.717, 1.165) is 31.8 Å². The molecule has 0 radical (unpaired) electrons. The molecule has 4 nitrogen and oxygen atoms in total. The molecule has 0 saturated carbocycles. The van der Waals surface area contributed by atoms with Gasteiger partial charge in [0, 0.05) is 38.4 Å². The summed E-state index contributed by atoms with van der Waals surface area (Å²) in [6.45, 7) is 4.33. The van der Waals surface area contributed by atoms with Crippen LogP contribution in [0.1, 0.15) is 18.4 Å². The van der Waals surface area contributed by atoms with Crippen LogP contribution in [0.15, 0.2) is 18.3 Å². The predicted molar refractivity (Wildman–Crippen MR) is 81.2 cm³/mol. The van der Waals surface area contributed by atoms with Crippen molar-refractivity contribution in [3.05, 3.63) is 23.9 Å². The second-order valence-electron chi connectivity index (χ2n) is 6.52. The molecule has 0 amide bonds. The third-order valence-corrected chi connectivity index (χ3v) is 4.90. The topological polar surface area (TPSA) is 39.6 Å². The molecule has 2 aliphatic heterocycles. The van der Waals surface area contributed by atoms with Gasteiger partial charge >= 0.3 is 6.18 Å². The number of aliphatic hydroxyl groups excluding tert-OH is 1. The van der Waals surface area contributed by atoms with Crippen molar-refractivity contribution in [3.8, 4) is 0 Å². The summed E-state index contributed by atoms with van der Waals surface area (Å²) < 4.78 is 38.6. The van der Waals surface area contributed by atoms with Crippen LogP contribution in [0.5, 0.6) is 0 Å². The first kappa shape index (κ1) is 16.5. The molecule has 0 bridgehead atoms. The Balaban J connectivity index is 1.71. The van der Waals surface area contributed by atoms with Crippen molar-refractivity contribution in [2.45, 2.75) is 19.0 Å². The number of anilines is 1. The van der Waals surface area contributed by atoms with Crippen LogP contribution in [-0.2, 0) is 6.18 Å². The van der Waals surface area contributed by atoms with Gasteiger partial charge in [0.15, 0.2) is 0 Å². The van der Waals surface area contributed by atoms with E-state index in [0.29, 0.717) is 18.9 Å². The monoisotopic (exact) mass is 329 g/mol. The van der Waals surface area contributed by atoms with Crippen LogP contribution in [0.25, 0.3) is 0 Å². The maximum Gasteiger partial charge on any atom is 0.416 e. The maximum atomic E-state index is 12.9. The van der Waals surface area contributed by atoms with Gasteiger partial charge in [0.05, 0.1) is 5.56 Å². The Bertz CT molecular complexity index is 532. The summed E-state index contributed by atoms with van der Waals surface area (Å²) >= 11 is 0. The lowest BCUT2D eigenvalue weighted by Crippen LogP contribution is -2.32. The van der Waals surface area contributed by atoms with Crippen LogP contribution in [0.3, 0.4) is 0 Å². The van der Waals surface area contributed by atoms with Gasteiger partial charge in [-0.25, -0.2) is 4.98 Å². The van der Waals surface area contributed by atoms with E-state index in [1.807, 2.05) is 4.90 Å². The molecule has 7 heteroatoms. The number of alkyl halides is 3. The first-order valence-corrected chi connectivity index (χ1v) is 8.09. The molecule has 0 aliphatic carbocycles. The Kier molecular flexibility index (Phi) is 4.77. The van der Waals surface area contributed by atoms with Crippen molar-refractivity contribution >= 4 is 5.82 Å². The number of hydrogen-bond donors (Lipinski definition) is 1. The van der Waals surface area contributed by atoms with E-state index in [4.69, 9.17) is 0 Å². The SMILES string of the molecule is OC[C@@H]1CN(c2cc(C(F)(F)F)ccn2)C[C@@H]1CN1CCCC1. The number of aliphatic hydroxyl groups is 1. The van der Waals surface area contributed by atoms with Crippen LogP contribution in [-0.4, -0.2) is 54.3 Å². The van der Waals surface area contributed by atoms with Crippen LogP contribution in [0.2, 0.25) is 0 Å². The summed E-state index contributed by atoms with van der Waals surface area (Å²) in [6, 6.07) is 2.09. The van der Waals surface area contributed by atoms with Crippen molar-refractivity contribution < 1.29 is 18.3 Å². The van der Waals surface area contributed by atoms with Crippen molar-refractivity contribution in [1.82, 2.24) is 9.88 Å². The van der Waals surface area contributed by atoms with Crippen LogP contribution in [0.4, 0.5) is 19.0 Å². The Morgan fingerprint density at radius 1 is 1.17 bits per heavy atom. The fourth-order valence-corrected chi connectivity index (χ4v) is 3.60. The lowest BCUT2D eigenvalue weighted by atomic mass is 9.96. The summed E-state index contributed by atoms with van der Waals surface area (Å²) in [6.07, 6.45) is -0.743. The second-order valence-corrected chi connectivity index (χ2v) is 6.52. The van der Waals surface area contributed by atoms with Gasteiger partial charge in [-0.2, -0.15) is 13.2 Å².